The molecule has 96 heavy (non-hydrogen) atoms. The fourth-order valence-electron chi connectivity index (χ4n) is 16.5. The van der Waals surface area contributed by atoms with Gasteiger partial charge >= 0.3 is 0 Å². The molecule has 0 bridgehead atoms. The Morgan fingerprint density at radius 1 is 0.229 bits per heavy atom. The number of nitrogens with zero attached hydrogens (tertiary/aromatic N) is 5. The Balaban J connectivity index is 0.878. The largest absolute Gasteiger partial charge is 0.458 e. The first kappa shape index (κ1) is 54.1. The average Bonchev–Trinajstić information content (AvgIpc) is 0.738. The third kappa shape index (κ3) is 8.09. The van der Waals surface area contributed by atoms with Gasteiger partial charge in [0, 0.05) is 85.2 Å². The molecule has 4 aliphatic rings. The molecule has 0 amide bonds. The molecule has 0 saturated carbocycles. The highest BCUT2D eigenvalue weighted by Crippen LogP contribution is 2.52. The third-order valence-electron chi connectivity index (χ3n) is 20.3. The van der Waals surface area contributed by atoms with Crippen molar-refractivity contribution in [2.45, 2.75) is 0 Å². The quantitative estimate of drug-likeness (QED) is 0.135. The van der Waals surface area contributed by atoms with Gasteiger partial charge in [0.1, 0.15) is 11.5 Å². The minimum atomic E-state index is -0.200. The van der Waals surface area contributed by atoms with Crippen molar-refractivity contribution in [1.29, 1.82) is 0 Å². The molecule has 0 fully saturated rings. The van der Waals surface area contributed by atoms with Crippen LogP contribution in [0.5, 0.6) is 11.5 Å². The number of anilines is 9. The van der Waals surface area contributed by atoms with Crippen LogP contribution in [0.25, 0.3) is 77.9 Å². The number of hydrogen-bond donors (Lipinski definition) is 0. The SMILES string of the molecule is c1ccc(-c2c(-c3ccccc3)n(-c3cc4c5c(c3)N(c3ccccc3)c3ccccc3B5c3cc5c(cc3O4)N(c3ccccc3)c3cc(-n4c(-c6ccccc6)c(-c6ccccc6)c6ccccc64)cc4c3B5c3ccccc3N4c3ccccc3)c3ccccc23)cc1. The maximum absolute atomic E-state index is 7.90. The van der Waals surface area contributed by atoms with Crippen molar-refractivity contribution in [1.82, 2.24) is 9.13 Å². The van der Waals surface area contributed by atoms with Crippen LogP contribution in [0, 0.1) is 0 Å². The van der Waals surface area contributed by atoms with Gasteiger partial charge in [-0.1, -0.05) is 255 Å². The van der Waals surface area contributed by atoms with E-state index in [9.17, 15) is 0 Å². The highest BCUT2D eigenvalue weighted by atomic mass is 16.5. The average molecular weight is 1220 g/mol. The second kappa shape index (κ2) is 21.5. The molecule has 0 atom stereocenters. The van der Waals surface area contributed by atoms with Gasteiger partial charge < -0.3 is 28.6 Å². The molecule has 14 aromatic carbocycles. The van der Waals surface area contributed by atoms with Crippen LogP contribution in [-0.4, -0.2) is 22.6 Å². The molecule has 8 heteroatoms. The molecule has 0 radical (unpaired) electrons. The number of ether oxygens (including phenoxy) is 1. The Hall–Kier alpha value is -12.5. The predicted octanol–water partition coefficient (Wildman–Crippen LogP) is 18.7. The summed E-state index contributed by atoms with van der Waals surface area (Å²) in [5.41, 5.74) is 30.6. The van der Waals surface area contributed by atoms with Crippen LogP contribution in [0.4, 0.5) is 51.2 Å². The molecule has 20 rings (SSSR count). The van der Waals surface area contributed by atoms with Crippen molar-refractivity contribution in [3.05, 3.63) is 346 Å². The van der Waals surface area contributed by atoms with E-state index in [1.165, 1.54) is 49.3 Å². The van der Waals surface area contributed by atoms with Gasteiger partial charge in [0.05, 0.1) is 33.8 Å². The van der Waals surface area contributed by atoms with Crippen LogP contribution in [0.1, 0.15) is 0 Å². The summed E-state index contributed by atoms with van der Waals surface area (Å²) in [6.07, 6.45) is 0. The third-order valence-corrected chi connectivity index (χ3v) is 20.3. The maximum Gasteiger partial charge on any atom is 0.256 e. The molecule has 6 nitrogen and oxygen atoms in total. The summed E-state index contributed by atoms with van der Waals surface area (Å²) >= 11 is 0. The van der Waals surface area contributed by atoms with E-state index in [2.05, 4.69) is 370 Å². The molecular weight excluding hydrogens is 1160 g/mol. The molecule has 0 unspecified atom stereocenters. The Bertz CT molecular complexity index is 5760. The summed E-state index contributed by atoms with van der Waals surface area (Å²) in [5.74, 6) is 1.65. The van der Waals surface area contributed by atoms with Gasteiger partial charge in [-0.15, -0.1) is 0 Å². The monoisotopic (exact) mass is 1220 g/mol. The molecule has 0 aliphatic carbocycles. The van der Waals surface area contributed by atoms with Crippen molar-refractivity contribution >= 4 is 119 Å². The lowest BCUT2D eigenvalue weighted by atomic mass is 9.30. The molecule has 0 saturated heterocycles. The normalized spacial score (nSPS) is 13.0. The zero-order chi connectivity index (χ0) is 63.0. The summed E-state index contributed by atoms with van der Waals surface area (Å²) in [5, 5.41) is 2.36. The van der Waals surface area contributed by atoms with Crippen molar-refractivity contribution in [3.8, 4) is 67.6 Å². The van der Waals surface area contributed by atoms with Crippen LogP contribution in [0.15, 0.2) is 346 Å². The number of aromatic nitrogens is 2. The molecule has 0 spiro atoms. The van der Waals surface area contributed by atoms with Crippen LogP contribution in [0.2, 0.25) is 0 Å². The van der Waals surface area contributed by atoms with Gasteiger partial charge in [0.15, 0.2) is 0 Å². The second-order valence-electron chi connectivity index (χ2n) is 25.4. The summed E-state index contributed by atoms with van der Waals surface area (Å²) < 4.78 is 12.9. The van der Waals surface area contributed by atoms with Crippen LogP contribution < -0.4 is 52.2 Å². The molecule has 0 N–H and O–H groups in total. The maximum atomic E-state index is 7.90. The van der Waals surface area contributed by atoms with Crippen molar-refractivity contribution < 1.29 is 4.74 Å². The van der Waals surface area contributed by atoms with Gasteiger partial charge in [-0.2, -0.15) is 0 Å². The summed E-state index contributed by atoms with van der Waals surface area (Å²) in [6, 6.07) is 127. The number of rotatable bonds is 9. The van der Waals surface area contributed by atoms with E-state index in [1.54, 1.807) is 0 Å². The first-order chi connectivity index (χ1) is 47.7. The topological polar surface area (TPSA) is 28.8 Å². The lowest BCUT2D eigenvalue weighted by Crippen LogP contribution is -2.64. The number of hydrogen-bond acceptors (Lipinski definition) is 4. The molecule has 4 aliphatic heterocycles. The first-order valence-corrected chi connectivity index (χ1v) is 33.1. The standard InChI is InChI=1S/C88H57B2N5O/c1-8-30-58(31-9-1)83-67-44-22-26-48-73(67)94(87(83)60-34-12-3-13-35-60)65-52-78-85-79(53-65)93(64-42-20-7-21-43-64)77-57-81-72(56-71(77)89(85)69-46-24-28-50-75(69)91(78)62-38-16-5-17-39-62)90-70-47-25-29-51-76(70)92(63-40-18-6-19-41-63)80-54-66(55-82(96-81)86(80)90)95-74-49-27-23-45-68(74)84(59-32-10-2-11-33-59)88(95)61-36-14-4-15-37-61/h1-57H. The molecule has 2 aromatic heterocycles. The highest BCUT2D eigenvalue weighted by Gasteiger charge is 2.48. The summed E-state index contributed by atoms with van der Waals surface area (Å²) in [6.45, 7) is -0.384. The minimum Gasteiger partial charge on any atom is -0.458 e. The van der Waals surface area contributed by atoms with Crippen molar-refractivity contribution in [2.24, 2.45) is 0 Å². The van der Waals surface area contributed by atoms with Gasteiger partial charge in [-0.3, -0.25) is 0 Å². The van der Waals surface area contributed by atoms with Gasteiger partial charge in [-0.05, 0) is 134 Å². The minimum absolute atomic E-state index is 0.185. The van der Waals surface area contributed by atoms with Crippen LogP contribution in [-0.2, 0) is 0 Å². The second-order valence-corrected chi connectivity index (χ2v) is 25.4. The fraction of sp³-hybridized carbons (Fsp3) is 0. The number of benzene rings is 14. The Morgan fingerprint density at radius 2 is 0.583 bits per heavy atom. The molecule has 6 heterocycles. The zero-order valence-electron chi connectivity index (χ0n) is 52.2. The van der Waals surface area contributed by atoms with Crippen LogP contribution in [0.3, 0.4) is 0 Å². The molecular formula is C88H57B2N5O. The van der Waals surface area contributed by atoms with E-state index in [4.69, 9.17) is 4.74 Å². The lowest BCUT2D eigenvalue weighted by Gasteiger charge is -2.45. The molecule has 16 aromatic rings. The van der Waals surface area contributed by atoms with Gasteiger partial charge in [-0.25, -0.2) is 0 Å². The summed E-state index contributed by atoms with van der Waals surface area (Å²) in [4.78, 5) is 7.53. The fourth-order valence-corrected chi connectivity index (χ4v) is 16.5. The molecule has 446 valence electrons. The van der Waals surface area contributed by atoms with E-state index in [-0.39, 0.29) is 13.4 Å². The Labute approximate surface area is 557 Å². The van der Waals surface area contributed by atoms with Crippen molar-refractivity contribution in [2.75, 3.05) is 14.7 Å². The van der Waals surface area contributed by atoms with E-state index in [1.807, 2.05) is 0 Å². The van der Waals surface area contributed by atoms with Crippen molar-refractivity contribution in [3.63, 3.8) is 0 Å². The van der Waals surface area contributed by atoms with E-state index in [0.29, 0.717) is 0 Å². The Morgan fingerprint density at radius 3 is 1.04 bits per heavy atom. The smallest absolute Gasteiger partial charge is 0.256 e. The highest BCUT2D eigenvalue weighted by molar-refractivity contribution is 7.02. The predicted molar refractivity (Wildman–Crippen MR) is 402 cm³/mol. The first-order valence-electron chi connectivity index (χ1n) is 33.1. The van der Waals surface area contributed by atoms with Gasteiger partial charge in [0.25, 0.3) is 13.4 Å². The zero-order valence-corrected chi connectivity index (χ0v) is 52.2. The van der Waals surface area contributed by atoms with Crippen LogP contribution >= 0.6 is 0 Å². The van der Waals surface area contributed by atoms with E-state index in [0.717, 1.165) is 124 Å². The number of para-hydroxylation sites is 7. The van der Waals surface area contributed by atoms with E-state index >= 15 is 0 Å². The van der Waals surface area contributed by atoms with Gasteiger partial charge in [0.2, 0.25) is 0 Å². The van der Waals surface area contributed by atoms with E-state index < -0.39 is 0 Å². The number of fused-ring (bicyclic) bond motifs is 10. The summed E-state index contributed by atoms with van der Waals surface area (Å²) in [7, 11) is 0. The Kier molecular flexibility index (Phi) is 12.1. The lowest BCUT2D eigenvalue weighted by molar-refractivity contribution is 0.487.